The zero-order chi connectivity index (χ0) is 15.6. The summed E-state index contributed by atoms with van der Waals surface area (Å²) in [4.78, 5) is 4.40. The lowest BCUT2D eigenvalue weighted by molar-refractivity contribution is -0.135. The molecule has 0 aliphatic heterocycles. The number of ether oxygens (including phenoxy) is 1. The molecule has 0 saturated heterocycles. The molecule has 21 heavy (non-hydrogen) atoms. The van der Waals surface area contributed by atoms with Gasteiger partial charge in [0.15, 0.2) is 0 Å². The van der Waals surface area contributed by atoms with Crippen molar-refractivity contribution in [3.8, 4) is 5.75 Å². The van der Waals surface area contributed by atoms with Crippen molar-refractivity contribution in [1.82, 2.24) is 9.55 Å². The van der Waals surface area contributed by atoms with Gasteiger partial charge in [0.05, 0.1) is 23.5 Å². The lowest BCUT2D eigenvalue weighted by Crippen LogP contribution is -2.11. The maximum absolute atomic E-state index is 12.3. The predicted molar refractivity (Wildman–Crippen MR) is 75.8 cm³/mol. The quantitative estimate of drug-likeness (QED) is 0.747. The van der Waals surface area contributed by atoms with Crippen molar-refractivity contribution in [1.29, 1.82) is 0 Å². The molecule has 0 fully saturated rings. The van der Waals surface area contributed by atoms with Crippen LogP contribution in [0.3, 0.4) is 0 Å². The first-order valence-electron chi connectivity index (χ1n) is 6.57. The van der Waals surface area contributed by atoms with E-state index in [1.54, 1.807) is 29.7 Å². The number of hydrogen-bond acceptors (Lipinski definition) is 2. The van der Waals surface area contributed by atoms with Crippen LogP contribution < -0.4 is 4.74 Å². The number of rotatable bonds is 5. The van der Waals surface area contributed by atoms with Crippen molar-refractivity contribution in [2.75, 3.05) is 7.11 Å². The number of hydrogen-bond donors (Lipinski definition) is 0. The second-order valence-corrected chi connectivity index (χ2v) is 5.47. The van der Waals surface area contributed by atoms with Crippen molar-refractivity contribution in [2.45, 2.75) is 37.9 Å². The van der Waals surface area contributed by atoms with Gasteiger partial charge in [0.2, 0.25) is 0 Å². The fraction of sp³-hybridized carbons (Fsp3) is 0.500. The zero-order valence-corrected chi connectivity index (χ0v) is 12.5. The minimum absolute atomic E-state index is 0.0111. The van der Waals surface area contributed by atoms with Crippen molar-refractivity contribution in [3.63, 3.8) is 0 Å². The molecule has 7 heteroatoms. The molecule has 0 aliphatic carbocycles. The monoisotopic (exact) mass is 320 g/mol. The summed E-state index contributed by atoms with van der Waals surface area (Å²) < 4.78 is 43.8. The molecule has 0 aliphatic rings. The molecule has 1 heterocycles. The highest BCUT2D eigenvalue weighted by Crippen LogP contribution is 2.29. The highest BCUT2D eigenvalue weighted by molar-refractivity contribution is 6.20. The molecule has 2 rings (SSSR count). The number of alkyl halides is 4. The fourth-order valence-corrected chi connectivity index (χ4v) is 2.39. The Morgan fingerprint density at radius 3 is 2.67 bits per heavy atom. The summed E-state index contributed by atoms with van der Waals surface area (Å²) in [6.07, 6.45) is -4.99. The van der Waals surface area contributed by atoms with Gasteiger partial charge >= 0.3 is 6.18 Å². The number of imidazole rings is 1. The van der Waals surface area contributed by atoms with Crippen LogP contribution in [0.5, 0.6) is 5.75 Å². The van der Waals surface area contributed by atoms with E-state index in [4.69, 9.17) is 16.3 Å². The molecule has 1 atom stereocenters. The van der Waals surface area contributed by atoms with Crippen LogP contribution in [0.4, 0.5) is 13.2 Å². The van der Waals surface area contributed by atoms with Crippen LogP contribution in [0.25, 0.3) is 11.0 Å². The molecule has 3 nitrogen and oxygen atoms in total. The first-order valence-corrected chi connectivity index (χ1v) is 7.00. The molecule has 116 valence electrons. The van der Waals surface area contributed by atoms with E-state index in [-0.39, 0.29) is 18.3 Å². The van der Waals surface area contributed by atoms with Gasteiger partial charge in [-0.25, -0.2) is 4.98 Å². The molecule has 1 unspecified atom stereocenters. The van der Waals surface area contributed by atoms with E-state index in [1.165, 1.54) is 7.11 Å². The standard InChI is InChI=1S/C14H16ClF3N2O/c1-9(15)13-19-11-5-4-10(21-2)8-12(11)20(13)7-3-6-14(16,17)18/h4-5,8-9H,3,6-7H2,1-2H3. The molecule has 0 saturated carbocycles. The second-order valence-electron chi connectivity index (χ2n) is 4.81. The Labute approximate surface area is 125 Å². The summed E-state index contributed by atoms with van der Waals surface area (Å²) in [5, 5.41) is -0.380. The van der Waals surface area contributed by atoms with Crippen LogP contribution in [0.1, 0.15) is 31.0 Å². The molecule has 0 radical (unpaired) electrons. The molecule has 1 aromatic carbocycles. The number of fused-ring (bicyclic) bond motifs is 1. The number of methoxy groups -OCH3 is 1. The summed E-state index contributed by atoms with van der Waals surface area (Å²) in [5.74, 6) is 1.20. The van der Waals surface area contributed by atoms with E-state index in [0.717, 1.165) is 5.52 Å². The first-order chi connectivity index (χ1) is 9.81. The lowest BCUT2D eigenvalue weighted by atomic mass is 10.2. The number of halogens is 4. The normalized spacial score (nSPS) is 13.6. The van der Waals surface area contributed by atoms with Gasteiger partial charge in [0.25, 0.3) is 0 Å². The third-order valence-corrected chi connectivity index (χ3v) is 3.38. The van der Waals surface area contributed by atoms with Crippen molar-refractivity contribution in [2.24, 2.45) is 0 Å². The molecule has 0 spiro atoms. The largest absolute Gasteiger partial charge is 0.497 e. The van der Waals surface area contributed by atoms with Crippen molar-refractivity contribution >= 4 is 22.6 Å². The molecular formula is C14H16ClF3N2O. The molecule has 2 aromatic rings. The van der Waals surface area contributed by atoms with Gasteiger partial charge in [0, 0.05) is 19.0 Å². The van der Waals surface area contributed by atoms with E-state index in [0.29, 0.717) is 17.1 Å². The molecule has 0 bridgehead atoms. The van der Waals surface area contributed by atoms with Crippen LogP contribution in [0, 0.1) is 0 Å². The zero-order valence-electron chi connectivity index (χ0n) is 11.7. The number of aromatic nitrogens is 2. The number of nitrogens with zero attached hydrogens (tertiary/aromatic N) is 2. The highest BCUT2D eigenvalue weighted by atomic mass is 35.5. The second kappa shape index (κ2) is 6.13. The third-order valence-electron chi connectivity index (χ3n) is 3.18. The Bertz CT molecular complexity index is 622. The molecule has 0 amide bonds. The van der Waals surface area contributed by atoms with Crippen molar-refractivity contribution in [3.05, 3.63) is 24.0 Å². The van der Waals surface area contributed by atoms with Gasteiger partial charge in [0.1, 0.15) is 11.6 Å². The van der Waals surface area contributed by atoms with Gasteiger partial charge in [-0.2, -0.15) is 13.2 Å². The Balaban J connectivity index is 2.35. The summed E-state index contributed by atoms with van der Waals surface area (Å²) in [7, 11) is 1.54. The summed E-state index contributed by atoms with van der Waals surface area (Å²) in [6.45, 7) is 1.97. The van der Waals surface area contributed by atoms with Crippen LogP contribution in [0.15, 0.2) is 18.2 Å². The molecular weight excluding hydrogens is 305 g/mol. The van der Waals surface area contributed by atoms with E-state index in [9.17, 15) is 13.2 Å². The first kappa shape index (κ1) is 15.9. The SMILES string of the molecule is COc1ccc2nc(C(C)Cl)n(CCCC(F)(F)F)c2c1. The van der Waals surface area contributed by atoms with Crippen LogP contribution >= 0.6 is 11.6 Å². The Kier molecular flexibility index (Phi) is 4.66. The average Bonchev–Trinajstić information content (AvgIpc) is 2.75. The minimum atomic E-state index is -4.15. The summed E-state index contributed by atoms with van der Waals surface area (Å²) in [5.41, 5.74) is 1.43. The maximum Gasteiger partial charge on any atom is 0.389 e. The average molecular weight is 321 g/mol. The van der Waals surface area contributed by atoms with E-state index >= 15 is 0 Å². The van der Waals surface area contributed by atoms with Gasteiger partial charge in [-0.3, -0.25) is 0 Å². The molecule has 1 aromatic heterocycles. The van der Waals surface area contributed by atoms with E-state index in [1.807, 2.05) is 0 Å². The van der Waals surface area contributed by atoms with Crippen LogP contribution in [-0.4, -0.2) is 22.8 Å². The smallest absolute Gasteiger partial charge is 0.389 e. The Hall–Kier alpha value is -1.43. The van der Waals surface area contributed by atoms with Crippen LogP contribution in [0.2, 0.25) is 0 Å². The van der Waals surface area contributed by atoms with E-state index in [2.05, 4.69) is 4.98 Å². The molecule has 0 N–H and O–H groups in total. The lowest BCUT2D eigenvalue weighted by Gasteiger charge is -2.12. The summed E-state index contributed by atoms with van der Waals surface area (Å²) >= 11 is 6.09. The summed E-state index contributed by atoms with van der Waals surface area (Å²) in [6, 6.07) is 5.30. The number of aryl methyl sites for hydroxylation is 1. The van der Waals surface area contributed by atoms with Gasteiger partial charge in [-0.05, 0) is 25.5 Å². The Morgan fingerprint density at radius 1 is 1.38 bits per heavy atom. The van der Waals surface area contributed by atoms with Gasteiger partial charge < -0.3 is 9.30 Å². The van der Waals surface area contributed by atoms with Gasteiger partial charge in [-0.1, -0.05) is 0 Å². The predicted octanol–water partition coefficient (Wildman–Crippen LogP) is 4.69. The van der Waals surface area contributed by atoms with Crippen molar-refractivity contribution < 1.29 is 17.9 Å². The maximum atomic E-state index is 12.3. The fourth-order valence-electron chi connectivity index (χ4n) is 2.22. The van der Waals surface area contributed by atoms with Gasteiger partial charge in [-0.15, -0.1) is 11.6 Å². The highest BCUT2D eigenvalue weighted by Gasteiger charge is 2.26. The third kappa shape index (κ3) is 3.81. The van der Waals surface area contributed by atoms with E-state index < -0.39 is 12.6 Å². The van der Waals surface area contributed by atoms with Crippen LogP contribution in [-0.2, 0) is 6.54 Å². The minimum Gasteiger partial charge on any atom is -0.497 e. The number of benzene rings is 1. The topological polar surface area (TPSA) is 27.1 Å². The Morgan fingerprint density at radius 2 is 2.10 bits per heavy atom.